The number of nitrogens with zero attached hydrogens (tertiary/aromatic N) is 2. The van der Waals surface area contributed by atoms with E-state index in [4.69, 9.17) is 5.73 Å². The fraction of sp³-hybridized carbons (Fsp3) is 0.333. The summed E-state index contributed by atoms with van der Waals surface area (Å²) in [6.07, 6.45) is 1.71. The van der Waals surface area contributed by atoms with Gasteiger partial charge in [-0.1, -0.05) is 25.5 Å². The quantitative estimate of drug-likeness (QED) is 0.783. The van der Waals surface area contributed by atoms with Crippen LogP contribution in [0.15, 0.2) is 24.3 Å². The molecule has 0 aliphatic rings. The van der Waals surface area contributed by atoms with E-state index in [-0.39, 0.29) is 17.4 Å². The number of aromatic amines is 1. The van der Waals surface area contributed by atoms with Gasteiger partial charge in [-0.25, -0.2) is 0 Å². The van der Waals surface area contributed by atoms with Gasteiger partial charge in [-0.15, -0.1) is 0 Å². The van der Waals surface area contributed by atoms with Gasteiger partial charge in [-0.3, -0.25) is 9.89 Å². The Hall–Kier alpha value is -2.50. The minimum atomic E-state index is -0.223. The fourth-order valence-corrected chi connectivity index (χ4v) is 2.12. The number of carbonyl (C=O) groups excluding carboxylic acids is 1. The Bertz CT molecular complexity index is 619. The van der Waals surface area contributed by atoms with Crippen molar-refractivity contribution in [2.75, 3.05) is 12.8 Å². The van der Waals surface area contributed by atoms with Gasteiger partial charge in [-0.2, -0.15) is 5.10 Å². The first-order valence-electron chi connectivity index (χ1n) is 6.89. The molecule has 0 bridgehead atoms. The number of benzene rings is 1. The van der Waals surface area contributed by atoms with Crippen molar-refractivity contribution in [1.82, 2.24) is 15.1 Å². The first kappa shape index (κ1) is 14.9. The lowest BCUT2D eigenvalue weighted by atomic mass is 10.2. The van der Waals surface area contributed by atoms with Crippen LogP contribution in [0.4, 0.5) is 5.69 Å². The van der Waals surface area contributed by atoms with Gasteiger partial charge < -0.3 is 15.7 Å². The lowest BCUT2D eigenvalue weighted by Crippen LogP contribution is -2.27. The number of aryl methyl sites for hydroxylation is 1. The summed E-state index contributed by atoms with van der Waals surface area (Å²) < 4.78 is 0. The average molecular weight is 288 g/mol. The number of carbonyl (C=O) groups is 1. The van der Waals surface area contributed by atoms with Gasteiger partial charge in [0.1, 0.15) is 5.75 Å². The van der Waals surface area contributed by atoms with Gasteiger partial charge >= 0.3 is 0 Å². The first-order chi connectivity index (χ1) is 10.0. The van der Waals surface area contributed by atoms with Crippen molar-refractivity contribution in [3.63, 3.8) is 0 Å². The summed E-state index contributed by atoms with van der Waals surface area (Å²) >= 11 is 0. The highest BCUT2D eigenvalue weighted by molar-refractivity contribution is 5.97. The zero-order valence-corrected chi connectivity index (χ0v) is 12.3. The highest BCUT2D eigenvalue weighted by atomic mass is 16.3. The molecule has 6 heteroatoms. The Kier molecular flexibility index (Phi) is 4.47. The maximum Gasteiger partial charge on any atom is 0.276 e. The van der Waals surface area contributed by atoms with E-state index in [2.05, 4.69) is 10.2 Å². The van der Waals surface area contributed by atoms with Crippen molar-refractivity contribution >= 4 is 11.6 Å². The molecule has 1 aromatic heterocycles. The predicted molar refractivity (Wildman–Crippen MR) is 80.9 cm³/mol. The first-order valence-corrected chi connectivity index (χ1v) is 6.89. The standard InChI is InChI=1S/C15H20N4O2/c1-3-4-12-13(16)14(18-17-12)15(21)19(2)9-10-5-7-11(20)8-6-10/h5-8,20H,3-4,9,16H2,1-2H3,(H,17,18). The minimum absolute atomic E-state index is 0.202. The number of nitrogen functional groups attached to an aromatic ring is 1. The van der Waals surface area contributed by atoms with Gasteiger partial charge in [0.15, 0.2) is 5.69 Å². The fourth-order valence-electron chi connectivity index (χ4n) is 2.12. The molecule has 0 fully saturated rings. The maximum atomic E-state index is 12.4. The number of nitrogens with one attached hydrogen (secondary N) is 1. The van der Waals surface area contributed by atoms with Crippen LogP contribution in [-0.4, -0.2) is 33.2 Å². The molecule has 0 unspecified atom stereocenters. The second-order valence-corrected chi connectivity index (χ2v) is 5.04. The number of anilines is 1. The lowest BCUT2D eigenvalue weighted by molar-refractivity contribution is 0.0780. The number of phenolic OH excluding ortho intramolecular Hbond substituents is 1. The summed E-state index contributed by atoms with van der Waals surface area (Å²) in [5.74, 6) is -0.0207. The Balaban J connectivity index is 2.10. The van der Waals surface area contributed by atoms with Gasteiger partial charge in [0.2, 0.25) is 0 Å². The summed E-state index contributed by atoms with van der Waals surface area (Å²) in [7, 11) is 1.70. The van der Waals surface area contributed by atoms with Crippen LogP contribution in [0.2, 0.25) is 0 Å². The molecule has 0 aliphatic carbocycles. The highest BCUT2D eigenvalue weighted by Gasteiger charge is 2.20. The topological polar surface area (TPSA) is 95.2 Å². The summed E-state index contributed by atoms with van der Waals surface area (Å²) in [4.78, 5) is 13.9. The normalized spacial score (nSPS) is 10.6. The van der Waals surface area contributed by atoms with Crippen molar-refractivity contribution in [1.29, 1.82) is 0 Å². The SMILES string of the molecule is CCCc1[nH]nc(C(=O)N(C)Cc2ccc(O)cc2)c1N. The minimum Gasteiger partial charge on any atom is -0.508 e. The van der Waals surface area contributed by atoms with Crippen LogP contribution in [0.25, 0.3) is 0 Å². The zero-order chi connectivity index (χ0) is 15.4. The Morgan fingerprint density at radius 3 is 2.67 bits per heavy atom. The van der Waals surface area contributed by atoms with Crippen molar-refractivity contribution in [2.45, 2.75) is 26.3 Å². The summed E-state index contributed by atoms with van der Waals surface area (Å²) in [5.41, 5.74) is 8.39. The number of hydrogen-bond acceptors (Lipinski definition) is 4. The molecule has 2 aromatic rings. The number of nitrogens with two attached hydrogens (primary N) is 1. The van der Waals surface area contributed by atoms with Crippen LogP contribution in [0, 0.1) is 0 Å². The van der Waals surface area contributed by atoms with Gasteiger partial charge in [0.05, 0.1) is 11.4 Å². The van der Waals surface area contributed by atoms with E-state index in [1.54, 1.807) is 36.2 Å². The number of phenols is 1. The van der Waals surface area contributed by atoms with Crippen LogP contribution < -0.4 is 5.73 Å². The Labute approximate surface area is 123 Å². The third kappa shape index (κ3) is 3.34. The summed E-state index contributed by atoms with van der Waals surface area (Å²) in [6.45, 7) is 2.47. The molecule has 2 rings (SSSR count). The molecule has 0 aliphatic heterocycles. The zero-order valence-electron chi connectivity index (χ0n) is 12.3. The molecule has 21 heavy (non-hydrogen) atoms. The van der Waals surface area contributed by atoms with Crippen LogP contribution in [0.1, 0.15) is 35.1 Å². The number of hydrogen-bond donors (Lipinski definition) is 3. The lowest BCUT2D eigenvalue weighted by Gasteiger charge is -2.16. The maximum absolute atomic E-state index is 12.4. The van der Waals surface area contributed by atoms with Crippen molar-refractivity contribution in [2.24, 2.45) is 0 Å². The van der Waals surface area contributed by atoms with E-state index in [9.17, 15) is 9.90 Å². The second kappa shape index (κ2) is 6.30. The highest BCUT2D eigenvalue weighted by Crippen LogP contribution is 2.18. The number of H-pyrrole nitrogens is 1. The van der Waals surface area contributed by atoms with E-state index in [1.165, 1.54) is 0 Å². The van der Waals surface area contributed by atoms with Crippen molar-refractivity contribution < 1.29 is 9.90 Å². The molecule has 6 nitrogen and oxygen atoms in total. The van der Waals surface area contributed by atoms with Gasteiger partial charge in [0.25, 0.3) is 5.91 Å². The van der Waals surface area contributed by atoms with Gasteiger partial charge in [-0.05, 0) is 24.1 Å². The molecule has 0 spiro atoms. The van der Waals surface area contributed by atoms with Crippen LogP contribution in [0.3, 0.4) is 0 Å². The van der Waals surface area contributed by atoms with Crippen LogP contribution in [-0.2, 0) is 13.0 Å². The third-order valence-corrected chi connectivity index (χ3v) is 3.29. The number of aromatic hydroxyl groups is 1. The molecular formula is C15H20N4O2. The predicted octanol–water partition coefficient (Wildman–Crippen LogP) is 1.92. The Morgan fingerprint density at radius 2 is 2.05 bits per heavy atom. The van der Waals surface area contributed by atoms with Crippen molar-refractivity contribution in [3.8, 4) is 5.75 Å². The van der Waals surface area contributed by atoms with Gasteiger partial charge in [0, 0.05) is 13.6 Å². The van der Waals surface area contributed by atoms with E-state index in [1.807, 2.05) is 6.92 Å². The average Bonchev–Trinajstić information content (AvgIpc) is 2.82. The molecular weight excluding hydrogens is 268 g/mol. The summed E-state index contributed by atoms with van der Waals surface area (Å²) in [6, 6.07) is 6.73. The van der Waals surface area contributed by atoms with Crippen LogP contribution >= 0.6 is 0 Å². The third-order valence-electron chi connectivity index (χ3n) is 3.29. The largest absolute Gasteiger partial charge is 0.508 e. The molecule has 0 radical (unpaired) electrons. The van der Waals surface area contributed by atoms with Crippen LogP contribution in [0.5, 0.6) is 5.75 Å². The monoisotopic (exact) mass is 288 g/mol. The summed E-state index contributed by atoms with van der Waals surface area (Å²) in [5, 5.41) is 16.1. The van der Waals surface area contributed by atoms with E-state index in [0.29, 0.717) is 12.2 Å². The van der Waals surface area contributed by atoms with E-state index >= 15 is 0 Å². The number of amides is 1. The molecule has 0 saturated carbocycles. The van der Waals surface area contributed by atoms with E-state index in [0.717, 1.165) is 24.1 Å². The smallest absolute Gasteiger partial charge is 0.276 e. The molecule has 1 aromatic carbocycles. The Morgan fingerprint density at radius 1 is 1.38 bits per heavy atom. The second-order valence-electron chi connectivity index (χ2n) is 5.04. The number of aromatic nitrogens is 2. The molecule has 1 amide bonds. The van der Waals surface area contributed by atoms with Crippen molar-refractivity contribution in [3.05, 3.63) is 41.2 Å². The molecule has 0 saturated heterocycles. The molecule has 112 valence electrons. The molecule has 4 N–H and O–H groups in total. The number of rotatable bonds is 5. The molecule has 1 heterocycles. The molecule has 0 atom stereocenters. The van der Waals surface area contributed by atoms with E-state index < -0.39 is 0 Å².